The minimum absolute atomic E-state index is 0.0325. The highest BCUT2D eigenvalue weighted by Crippen LogP contribution is 2.35. The maximum absolute atomic E-state index is 13.2. The molecule has 1 N–H and O–H groups in total. The molecule has 0 fully saturated rings. The van der Waals surface area contributed by atoms with E-state index in [0.717, 1.165) is 29.3 Å². The predicted octanol–water partition coefficient (Wildman–Crippen LogP) is 6.00. The molecule has 0 amide bonds. The van der Waals surface area contributed by atoms with Gasteiger partial charge in [-0.1, -0.05) is 6.07 Å². The summed E-state index contributed by atoms with van der Waals surface area (Å²) in [5, 5.41) is 0.807. The number of fused-ring (bicyclic) bond motifs is 1. The van der Waals surface area contributed by atoms with E-state index in [1.54, 1.807) is 24.5 Å². The van der Waals surface area contributed by atoms with E-state index in [0.29, 0.717) is 15.6 Å². The van der Waals surface area contributed by atoms with Gasteiger partial charge in [0, 0.05) is 10.9 Å². The van der Waals surface area contributed by atoms with Gasteiger partial charge in [-0.25, -0.2) is 13.1 Å². The Bertz CT molecular complexity index is 1240. The van der Waals surface area contributed by atoms with Crippen LogP contribution < -0.4 is 9.46 Å². The van der Waals surface area contributed by atoms with Gasteiger partial charge in [0.15, 0.2) is 0 Å². The molecule has 0 aliphatic heterocycles. The minimum atomic E-state index is -4.57. The van der Waals surface area contributed by atoms with Crippen LogP contribution in [0.5, 0.6) is 5.75 Å². The average Bonchev–Trinajstić information content (AvgIpc) is 3.19. The lowest BCUT2D eigenvalue weighted by Gasteiger charge is -2.14. The normalized spacial score (nSPS) is 13.0. The Morgan fingerprint density at radius 2 is 2.00 bits per heavy atom. The zero-order valence-electron chi connectivity index (χ0n) is 16.3. The highest BCUT2D eigenvalue weighted by Gasteiger charge is 2.31. The topological polar surface area (TPSA) is 68.5 Å². The van der Waals surface area contributed by atoms with Crippen molar-refractivity contribution in [2.45, 2.75) is 12.8 Å². The van der Waals surface area contributed by atoms with E-state index in [2.05, 4.69) is 20.7 Å². The third kappa shape index (κ3) is 5.46. The monoisotopic (exact) mass is 535 g/mol. The third-order valence-electron chi connectivity index (χ3n) is 4.31. The van der Waals surface area contributed by atoms with Crippen LogP contribution in [0.15, 0.2) is 55.8 Å². The van der Waals surface area contributed by atoms with Crippen molar-refractivity contribution in [2.24, 2.45) is 0 Å². The van der Waals surface area contributed by atoms with Gasteiger partial charge in [-0.05, 0) is 71.2 Å². The number of sulfonamides is 1. The summed E-state index contributed by atoms with van der Waals surface area (Å²) < 4.78 is 77.9. The molecule has 3 rings (SSSR count). The number of hydrogen-bond donors (Lipinski definition) is 1. The Labute approximate surface area is 189 Å². The number of furan rings is 1. The number of nitrogens with one attached hydrogen (secondary N) is 1. The molecule has 5 nitrogen and oxygen atoms in total. The van der Waals surface area contributed by atoms with Gasteiger partial charge in [-0.15, -0.1) is 11.8 Å². The van der Waals surface area contributed by atoms with Crippen LogP contribution in [0, 0.1) is 0 Å². The molecule has 0 saturated carbocycles. The zero-order chi connectivity index (χ0) is 22.8. The van der Waals surface area contributed by atoms with Crippen LogP contribution in [0.1, 0.15) is 16.7 Å². The first-order valence-corrected chi connectivity index (χ1v) is 12.2. The van der Waals surface area contributed by atoms with Crippen molar-refractivity contribution >= 4 is 54.8 Å². The lowest BCUT2D eigenvalue weighted by atomic mass is 10.1. The molecule has 0 aliphatic carbocycles. The molecule has 0 aliphatic rings. The summed E-state index contributed by atoms with van der Waals surface area (Å²) in [6.07, 6.45) is -0.204. The molecule has 0 bridgehead atoms. The summed E-state index contributed by atoms with van der Waals surface area (Å²) >= 11 is 4.34. The molecule has 31 heavy (non-hydrogen) atoms. The fraction of sp³-hybridized carbons (Fsp3) is 0.200. The highest BCUT2D eigenvalue weighted by atomic mass is 79.9. The van der Waals surface area contributed by atoms with Crippen molar-refractivity contribution in [3.63, 3.8) is 0 Å². The maximum Gasteiger partial charge on any atom is 0.416 e. The number of halogens is 4. The molecule has 2 aromatic carbocycles. The molecule has 11 heteroatoms. The second kappa shape index (κ2) is 9.27. The van der Waals surface area contributed by atoms with Crippen molar-refractivity contribution in [2.75, 3.05) is 13.3 Å². The second-order valence-corrected chi connectivity index (χ2v) is 10.1. The van der Waals surface area contributed by atoms with Gasteiger partial charge in [-0.2, -0.15) is 13.2 Å². The lowest BCUT2D eigenvalue weighted by molar-refractivity contribution is -0.137. The van der Waals surface area contributed by atoms with Crippen LogP contribution in [0.2, 0.25) is 0 Å². The molecule has 0 unspecified atom stereocenters. The standard InChI is InChI=1S/C20H17BrF3NO4S2/c1-25-31(26,27)18(30-2)9-13-3-4-15(20(22,23)24)10-17(13)29-11-12-7-14-5-6-28-19(14)16(21)8-12/h3-10,25H,11H2,1-2H3. The van der Waals surface area contributed by atoms with Gasteiger partial charge in [-0.3, -0.25) is 0 Å². The summed E-state index contributed by atoms with van der Waals surface area (Å²) in [5.41, 5.74) is 0.655. The van der Waals surface area contributed by atoms with Gasteiger partial charge >= 0.3 is 6.18 Å². The Kier molecular flexibility index (Phi) is 7.09. The van der Waals surface area contributed by atoms with Crippen molar-refractivity contribution in [1.82, 2.24) is 4.72 Å². The van der Waals surface area contributed by atoms with Crippen LogP contribution in [-0.4, -0.2) is 21.7 Å². The van der Waals surface area contributed by atoms with Crippen LogP contribution in [0.3, 0.4) is 0 Å². The summed E-state index contributed by atoms with van der Waals surface area (Å²) in [5.74, 6) is -0.0870. The number of rotatable bonds is 7. The smallest absolute Gasteiger partial charge is 0.416 e. The molecule has 1 aromatic heterocycles. The van der Waals surface area contributed by atoms with Crippen molar-refractivity contribution < 1.29 is 30.7 Å². The molecular weight excluding hydrogens is 519 g/mol. The maximum atomic E-state index is 13.2. The summed E-state index contributed by atoms with van der Waals surface area (Å²) in [6.45, 7) is -0.0325. The van der Waals surface area contributed by atoms with E-state index in [1.807, 2.05) is 0 Å². The van der Waals surface area contributed by atoms with E-state index in [-0.39, 0.29) is 22.2 Å². The summed E-state index contributed by atoms with van der Waals surface area (Å²) in [6, 6.07) is 8.24. The predicted molar refractivity (Wildman–Crippen MR) is 119 cm³/mol. The van der Waals surface area contributed by atoms with E-state index in [1.165, 1.54) is 25.5 Å². The molecule has 0 radical (unpaired) electrons. The lowest BCUT2D eigenvalue weighted by Crippen LogP contribution is -2.18. The Morgan fingerprint density at radius 1 is 1.26 bits per heavy atom. The average molecular weight is 536 g/mol. The second-order valence-electron chi connectivity index (χ2n) is 6.33. The van der Waals surface area contributed by atoms with Gasteiger partial charge in [0.2, 0.25) is 10.0 Å². The van der Waals surface area contributed by atoms with Gasteiger partial charge in [0.25, 0.3) is 0 Å². The number of alkyl halides is 3. The minimum Gasteiger partial charge on any atom is -0.488 e. The molecular formula is C20H17BrF3NO4S2. The Morgan fingerprint density at radius 3 is 2.65 bits per heavy atom. The summed E-state index contributed by atoms with van der Waals surface area (Å²) in [7, 11) is -2.52. The summed E-state index contributed by atoms with van der Waals surface area (Å²) in [4.78, 5) is 0. The fourth-order valence-electron chi connectivity index (χ4n) is 2.77. The first-order chi connectivity index (χ1) is 14.5. The van der Waals surface area contributed by atoms with Gasteiger partial charge in [0.05, 0.1) is 16.3 Å². The molecule has 1 heterocycles. The largest absolute Gasteiger partial charge is 0.488 e. The SMILES string of the molecule is CNS(=O)(=O)C(=Cc1ccc(C(F)(F)F)cc1OCc1cc(Br)c2occc2c1)SC. The fourth-order valence-corrected chi connectivity index (χ4v) is 5.24. The number of thioether (sulfide) groups is 1. The van der Waals surface area contributed by atoms with Gasteiger partial charge < -0.3 is 9.15 Å². The molecule has 0 saturated heterocycles. The number of hydrogen-bond acceptors (Lipinski definition) is 5. The van der Waals surface area contributed by atoms with Crippen LogP contribution in [-0.2, 0) is 22.8 Å². The number of ether oxygens (including phenoxy) is 1. The van der Waals surface area contributed by atoms with Crippen molar-refractivity contribution in [3.8, 4) is 5.75 Å². The van der Waals surface area contributed by atoms with E-state index < -0.39 is 21.8 Å². The quantitative estimate of drug-likeness (QED) is 0.401. The molecule has 3 aromatic rings. The van der Waals surface area contributed by atoms with Crippen LogP contribution >= 0.6 is 27.7 Å². The Balaban J connectivity index is 2.01. The highest BCUT2D eigenvalue weighted by molar-refractivity contribution is 9.10. The molecule has 0 spiro atoms. The van der Waals surface area contributed by atoms with E-state index in [9.17, 15) is 21.6 Å². The van der Waals surface area contributed by atoms with Gasteiger partial charge in [0.1, 0.15) is 22.2 Å². The third-order valence-corrected chi connectivity index (χ3v) is 7.76. The zero-order valence-corrected chi connectivity index (χ0v) is 19.5. The Hall–Kier alpha value is -1.95. The van der Waals surface area contributed by atoms with E-state index in [4.69, 9.17) is 9.15 Å². The van der Waals surface area contributed by atoms with E-state index >= 15 is 0 Å². The first kappa shape index (κ1) is 23.7. The van der Waals surface area contributed by atoms with Crippen LogP contribution in [0.25, 0.3) is 17.0 Å². The van der Waals surface area contributed by atoms with Crippen molar-refractivity contribution in [1.29, 1.82) is 0 Å². The van der Waals surface area contributed by atoms with Crippen molar-refractivity contribution in [3.05, 3.63) is 68.1 Å². The molecule has 0 atom stereocenters. The van der Waals surface area contributed by atoms with Crippen LogP contribution in [0.4, 0.5) is 13.2 Å². The number of benzene rings is 2. The molecule has 166 valence electrons. The first-order valence-electron chi connectivity index (χ1n) is 8.74.